The molecule has 1 fully saturated rings. The summed E-state index contributed by atoms with van der Waals surface area (Å²) >= 11 is 0. The fraction of sp³-hybridized carbons (Fsp3) is 0.294. The van der Waals surface area contributed by atoms with Gasteiger partial charge in [-0.3, -0.25) is 4.79 Å². The van der Waals surface area contributed by atoms with Crippen molar-refractivity contribution in [2.75, 3.05) is 43.1 Å². The first-order valence-electron chi connectivity index (χ1n) is 8.08. The molecular formula is C17H18N6O2. The average molecular weight is 338 g/mol. The van der Waals surface area contributed by atoms with Crippen LogP contribution >= 0.6 is 0 Å². The lowest BCUT2D eigenvalue weighted by atomic mass is 10.2. The number of hydrogen-bond donors (Lipinski definition) is 1. The van der Waals surface area contributed by atoms with Crippen LogP contribution in [0.1, 0.15) is 0 Å². The fourth-order valence-electron chi connectivity index (χ4n) is 3.13. The Balaban J connectivity index is 1.56. The lowest BCUT2D eigenvalue weighted by molar-refractivity contribution is 0.402. The van der Waals surface area contributed by atoms with Gasteiger partial charge in [0.15, 0.2) is 5.82 Å². The van der Waals surface area contributed by atoms with Crippen LogP contribution in [-0.2, 0) is 0 Å². The Morgan fingerprint density at radius 3 is 2.64 bits per heavy atom. The highest BCUT2D eigenvalue weighted by molar-refractivity contribution is 5.86. The molecule has 0 unspecified atom stereocenters. The van der Waals surface area contributed by atoms with Crippen molar-refractivity contribution in [3.05, 3.63) is 47.3 Å². The van der Waals surface area contributed by atoms with Gasteiger partial charge in [0.05, 0.1) is 18.0 Å². The number of fused-ring (bicyclic) bond motifs is 1. The van der Waals surface area contributed by atoms with Gasteiger partial charge in [0.1, 0.15) is 6.33 Å². The molecule has 0 atom stereocenters. The maximum absolute atomic E-state index is 11.9. The average Bonchev–Trinajstić information content (AvgIpc) is 2.67. The number of benzene rings is 1. The van der Waals surface area contributed by atoms with Crippen LogP contribution in [0, 0.1) is 0 Å². The molecule has 0 amide bonds. The molecule has 1 aliphatic rings. The predicted octanol–water partition coefficient (Wildman–Crippen LogP) is 1.05. The highest BCUT2D eigenvalue weighted by Crippen LogP contribution is 2.27. The third-order valence-electron chi connectivity index (χ3n) is 4.41. The van der Waals surface area contributed by atoms with Gasteiger partial charge in [-0.25, -0.2) is 15.0 Å². The number of H-pyrrole nitrogens is 1. The molecule has 3 aromatic rings. The Bertz CT molecular complexity index is 949. The molecule has 1 aliphatic heterocycles. The molecule has 4 rings (SSSR count). The van der Waals surface area contributed by atoms with Crippen molar-refractivity contribution < 1.29 is 4.74 Å². The van der Waals surface area contributed by atoms with Crippen LogP contribution in [0.4, 0.5) is 11.5 Å². The van der Waals surface area contributed by atoms with Crippen molar-refractivity contribution >= 4 is 22.4 Å². The number of aromatic amines is 1. The minimum atomic E-state index is -0.149. The molecule has 0 radical (unpaired) electrons. The molecule has 1 aromatic carbocycles. The zero-order valence-electron chi connectivity index (χ0n) is 13.8. The third-order valence-corrected chi connectivity index (χ3v) is 4.41. The van der Waals surface area contributed by atoms with Gasteiger partial charge in [0, 0.05) is 44.3 Å². The van der Waals surface area contributed by atoms with E-state index in [1.54, 1.807) is 19.5 Å². The molecule has 8 nitrogen and oxygen atoms in total. The molecule has 0 spiro atoms. The molecule has 0 saturated carbocycles. The molecule has 25 heavy (non-hydrogen) atoms. The summed E-state index contributed by atoms with van der Waals surface area (Å²) in [5.41, 5.74) is 1.80. The highest BCUT2D eigenvalue weighted by atomic mass is 16.5. The number of anilines is 2. The van der Waals surface area contributed by atoms with Crippen LogP contribution in [0.15, 0.2) is 41.7 Å². The summed E-state index contributed by atoms with van der Waals surface area (Å²) in [5.74, 6) is 1.06. The Morgan fingerprint density at radius 1 is 1.08 bits per heavy atom. The summed E-state index contributed by atoms with van der Waals surface area (Å²) in [7, 11) is 1.61. The summed E-state index contributed by atoms with van der Waals surface area (Å²) in [6, 6.07) is 6.08. The first-order chi connectivity index (χ1) is 12.3. The minimum Gasteiger partial charge on any atom is -0.480 e. The second kappa shape index (κ2) is 6.39. The lowest BCUT2D eigenvalue weighted by Crippen LogP contribution is -2.48. The van der Waals surface area contributed by atoms with Gasteiger partial charge in [0.2, 0.25) is 5.88 Å². The molecule has 0 aliphatic carbocycles. The van der Waals surface area contributed by atoms with Gasteiger partial charge in [-0.1, -0.05) is 0 Å². The van der Waals surface area contributed by atoms with E-state index < -0.39 is 0 Å². The van der Waals surface area contributed by atoms with E-state index in [9.17, 15) is 4.79 Å². The van der Waals surface area contributed by atoms with E-state index in [0.717, 1.165) is 42.8 Å². The minimum absolute atomic E-state index is 0.149. The second-order valence-corrected chi connectivity index (χ2v) is 5.80. The Morgan fingerprint density at radius 2 is 1.88 bits per heavy atom. The Kier molecular flexibility index (Phi) is 3.93. The summed E-state index contributed by atoms with van der Waals surface area (Å²) in [4.78, 5) is 31.5. The molecular weight excluding hydrogens is 320 g/mol. The lowest BCUT2D eigenvalue weighted by Gasteiger charge is -2.36. The molecule has 128 valence electrons. The topological polar surface area (TPSA) is 87.2 Å². The van der Waals surface area contributed by atoms with Crippen LogP contribution in [0.3, 0.4) is 0 Å². The van der Waals surface area contributed by atoms with E-state index in [-0.39, 0.29) is 5.56 Å². The zero-order valence-corrected chi connectivity index (χ0v) is 13.8. The van der Waals surface area contributed by atoms with Gasteiger partial charge >= 0.3 is 0 Å². The van der Waals surface area contributed by atoms with E-state index in [2.05, 4.69) is 37.0 Å². The maximum atomic E-state index is 11.9. The normalized spacial score (nSPS) is 14.8. The summed E-state index contributed by atoms with van der Waals surface area (Å²) in [5, 5.41) is 0.895. The highest BCUT2D eigenvalue weighted by Gasteiger charge is 2.20. The smallest absolute Gasteiger partial charge is 0.290 e. The van der Waals surface area contributed by atoms with Crippen LogP contribution < -0.4 is 20.1 Å². The summed E-state index contributed by atoms with van der Waals surface area (Å²) in [6.07, 6.45) is 4.66. The van der Waals surface area contributed by atoms with Crippen LogP contribution in [0.25, 0.3) is 10.9 Å². The Hall–Kier alpha value is -3.16. The predicted molar refractivity (Wildman–Crippen MR) is 95.4 cm³/mol. The molecule has 1 saturated heterocycles. The zero-order chi connectivity index (χ0) is 17.2. The number of methoxy groups -OCH3 is 1. The molecule has 2 aromatic heterocycles. The largest absolute Gasteiger partial charge is 0.480 e. The van der Waals surface area contributed by atoms with Crippen LogP contribution in [-0.4, -0.2) is 53.2 Å². The first-order valence-corrected chi connectivity index (χ1v) is 8.08. The van der Waals surface area contributed by atoms with Crippen molar-refractivity contribution in [1.29, 1.82) is 0 Å². The van der Waals surface area contributed by atoms with E-state index in [1.165, 1.54) is 6.33 Å². The van der Waals surface area contributed by atoms with E-state index in [4.69, 9.17) is 4.74 Å². The third kappa shape index (κ3) is 2.86. The SMILES string of the molecule is COc1ncnc2ccc(N3CCN(c4ncc[nH]c4=O)CC3)cc12. The molecule has 0 bridgehead atoms. The van der Waals surface area contributed by atoms with Gasteiger partial charge in [-0.2, -0.15) is 0 Å². The fourth-order valence-corrected chi connectivity index (χ4v) is 3.13. The van der Waals surface area contributed by atoms with Crippen LogP contribution in [0.2, 0.25) is 0 Å². The maximum Gasteiger partial charge on any atom is 0.290 e. The number of rotatable bonds is 3. The Labute approximate surface area is 144 Å². The van der Waals surface area contributed by atoms with Crippen molar-refractivity contribution in [3.63, 3.8) is 0 Å². The molecule has 8 heteroatoms. The van der Waals surface area contributed by atoms with E-state index in [1.807, 2.05) is 11.0 Å². The number of aromatic nitrogens is 4. The number of nitrogens with one attached hydrogen (secondary N) is 1. The van der Waals surface area contributed by atoms with Gasteiger partial charge in [-0.15, -0.1) is 0 Å². The van der Waals surface area contributed by atoms with Gasteiger partial charge < -0.3 is 19.5 Å². The summed E-state index contributed by atoms with van der Waals surface area (Å²) in [6.45, 7) is 3.08. The van der Waals surface area contributed by atoms with Crippen molar-refractivity contribution in [2.24, 2.45) is 0 Å². The monoisotopic (exact) mass is 338 g/mol. The van der Waals surface area contributed by atoms with Crippen LogP contribution in [0.5, 0.6) is 5.88 Å². The van der Waals surface area contributed by atoms with Gasteiger partial charge in [0.25, 0.3) is 5.56 Å². The van der Waals surface area contributed by atoms with Gasteiger partial charge in [-0.05, 0) is 18.2 Å². The number of ether oxygens (including phenoxy) is 1. The second-order valence-electron chi connectivity index (χ2n) is 5.80. The number of hydrogen-bond acceptors (Lipinski definition) is 7. The van der Waals surface area contributed by atoms with Crippen molar-refractivity contribution in [2.45, 2.75) is 0 Å². The van der Waals surface area contributed by atoms with Crippen molar-refractivity contribution in [1.82, 2.24) is 19.9 Å². The van der Waals surface area contributed by atoms with Crippen molar-refractivity contribution in [3.8, 4) is 5.88 Å². The quantitative estimate of drug-likeness (QED) is 0.764. The standard InChI is InChI=1S/C17H18N6O2/c1-25-17-13-10-12(2-3-14(13)20-11-21-17)22-6-8-23(9-7-22)15-16(24)19-5-4-18-15/h2-5,10-11H,6-9H2,1H3,(H,19,24). The number of piperazine rings is 1. The molecule has 3 heterocycles. The summed E-state index contributed by atoms with van der Waals surface area (Å²) < 4.78 is 5.33. The number of nitrogens with zero attached hydrogens (tertiary/aromatic N) is 5. The first kappa shape index (κ1) is 15.4. The van der Waals surface area contributed by atoms with E-state index >= 15 is 0 Å². The van der Waals surface area contributed by atoms with E-state index in [0.29, 0.717) is 11.7 Å². The molecule has 1 N–H and O–H groups in total.